The van der Waals surface area contributed by atoms with E-state index in [4.69, 9.17) is 4.74 Å². The number of hydrogen-bond acceptors (Lipinski definition) is 4. The average molecular weight is 283 g/mol. The number of allylic oxidation sites excluding steroid dienone is 1. The lowest BCUT2D eigenvalue weighted by Gasteiger charge is -2.35. The Morgan fingerprint density at radius 3 is 2.60 bits per heavy atom. The molecule has 1 fully saturated rings. The predicted molar refractivity (Wildman–Crippen MR) is 76.4 cm³/mol. The Hall–Kier alpha value is -1.36. The van der Waals surface area contributed by atoms with Gasteiger partial charge in [-0.15, -0.1) is 0 Å². The fourth-order valence-electron chi connectivity index (χ4n) is 2.39. The standard InChI is InChI=1S/C15H25NO4/c1-5-6-9-15(19,11-17)12-8-7-10-16(12)13(18)20-14(2,3)4/h5-6,11-12,19H,7-10H2,1-4H3/b6-5+/t12-,15+/m0/s1. The normalized spacial score (nSPS) is 22.9. The summed E-state index contributed by atoms with van der Waals surface area (Å²) in [4.78, 5) is 25.0. The molecular weight excluding hydrogens is 258 g/mol. The van der Waals surface area contributed by atoms with Crippen molar-refractivity contribution in [1.29, 1.82) is 0 Å². The van der Waals surface area contributed by atoms with Gasteiger partial charge in [0.25, 0.3) is 0 Å². The van der Waals surface area contributed by atoms with Crippen molar-refractivity contribution in [2.24, 2.45) is 0 Å². The monoisotopic (exact) mass is 283 g/mol. The summed E-state index contributed by atoms with van der Waals surface area (Å²) in [7, 11) is 0. The minimum absolute atomic E-state index is 0.205. The van der Waals surface area contributed by atoms with Crippen LogP contribution in [0.4, 0.5) is 4.79 Å². The molecule has 0 aromatic rings. The van der Waals surface area contributed by atoms with E-state index in [1.54, 1.807) is 32.9 Å². The summed E-state index contributed by atoms with van der Waals surface area (Å²) in [5, 5.41) is 10.5. The third-order valence-corrected chi connectivity index (χ3v) is 3.34. The molecule has 0 aromatic carbocycles. The highest BCUT2D eigenvalue weighted by Gasteiger charge is 2.45. The molecule has 0 saturated carbocycles. The van der Waals surface area contributed by atoms with E-state index >= 15 is 0 Å². The Morgan fingerprint density at radius 2 is 2.10 bits per heavy atom. The Kier molecular flexibility index (Phi) is 5.34. The fraction of sp³-hybridized carbons (Fsp3) is 0.733. The van der Waals surface area contributed by atoms with Crippen molar-refractivity contribution in [2.75, 3.05) is 6.54 Å². The topological polar surface area (TPSA) is 66.8 Å². The van der Waals surface area contributed by atoms with Crippen LogP contribution in [0, 0.1) is 0 Å². The molecular formula is C15H25NO4. The molecule has 1 amide bonds. The Bertz CT molecular complexity index is 386. The first-order valence-electron chi connectivity index (χ1n) is 7.03. The van der Waals surface area contributed by atoms with Crippen molar-refractivity contribution in [2.45, 2.75) is 64.2 Å². The van der Waals surface area contributed by atoms with E-state index in [1.807, 2.05) is 6.92 Å². The van der Waals surface area contributed by atoms with Gasteiger partial charge in [0.2, 0.25) is 0 Å². The number of hydrogen-bond donors (Lipinski definition) is 1. The lowest BCUT2D eigenvalue weighted by Crippen LogP contribution is -2.53. The van der Waals surface area contributed by atoms with Crippen molar-refractivity contribution >= 4 is 12.4 Å². The molecule has 0 radical (unpaired) electrons. The van der Waals surface area contributed by atoms with Crippen molar-refractivity contribution in [1.82, 2.24) is 4.90 Å². The first-order chi connectivity index (χ1) is 9.23. The maximum Gasteiger partial charge on any atom is 0.410 e. The smallest absolute Gasteiger partial charge is 0.410 e. The number of aliphatic hydroxyl groups is 1. The number of carbonyl (C=O) groups is 2. The molecule has 1 aliphatic rings. The van der Waals surface area contributed by atoms with Gasteiger partial charge in [0.15, 0.2) is 6.29 Å². The van der Waals surface area contributed by atoms with Crippen molar-refractivity contribution in [3.8, 4) is 0 Å². The lowest BCUT2D eigenvalue weighted by molar-refractivity contribution is -0.129. The zero-order valence-corrected chi connectivity index (χ0v) is 12.8. The maximum absolute atomic E-state index is 12.2. The summed E-state index contributed by atoms with van der Waals surface area (Å²) in [6.07, 6.45) is 5.15. The predicted octanol–water partition coefficient (Wildman–Crippen LogP) is 2.28. The first kappa shape index (κ1) is 16.7. The summed E-state index contributed by atoms with van der Waals surface area (Å²) in [6, 6.07) is -0.522. The van der Waals surface area contributed by atoms with Gasteiger partial charge in [-0.25, -0.2) is 4.79 Å². The van der Waals surface area contributed by atoms with Crippen LogP contribution in [0.2, 0.25) is 0 Å². The molecule has 5 heteroatoms. The Morgan fingerprint density at radius 1 is 1.45 bits per heavy atom. The van der Waals surface area contributed by atoms with E-state index in [-0.39, 0.29) is 6.42 Å². The van der Waals surface area contributed by atoms with Gasteiger partial charge in [-0.1, -0.05) is 12.2 Å². The third kappa shape index (κ3) is 4.07. The van der Waals surface area contributed by atoms with Gasteiger partial charge in [0, 0.05) is 13.0 Å². The molecule has 1 rings (SSSR count). The van der Waals surface area contributed by atoms with E-state index in [2.05, 4.69) is 0 Å². The van der Waals surface area contributed by atoms with Crippen molar-refractivity contribution < 1.29 is 19.4 Å². The van der Waals surface area contributed by atoms with Crippen LogP contribution in [-0.4, -0.2) is 46.2 Å². The van der Waals surface area contributed by atoms with Crippen LogP contribution in [0.5, 0.6) is 0 Å². The summed E-state index contributed by atoms with van der Waals surface area (Å²) >= 11 is 0. The van der Waals surface area contributed by atoms with Gasteiger partial charge in [-0.2, -0.15) is 0 Å². The first-order valence-corrected chi connectivity index (χ1v) is 7.03. The lowest BCUT2D eigenvalue weighted by atomic mass is 9.90. The number of rotatable bonds is 4. The van der Waals surface area contributed by atoms with Gasteiger partial charge in [0.1, 0.15) is 11.2 Å². The molecule has 0 bridgehead atoms. The third-order valence-electron chi connectivity index (χ3n) is 3.34. The number of ether oxygens (including phenoxy) is 1. The second-order valence-corrected chi connectivity index (χ2v) is 6.21. The number of likely N-dealkylation sites (tertiary alicyclic amines) is 1. The van der Waals surface area contributed by atoms with E-state index < -0.39 is 23.3 Å². The molecule has 1 N–H and O–H groups in total. The number of nitrogens with zero attached hydrogens (tertiary/aromatic N) is 1. The summed E-state index contributed by atoms with van der Waals surface area (Å²) in [5.41, 5.74) is -2.13. The van der Waals surface area contributed by atoms with Gasteiger partial charge < -0.3 is 19.5 Å². The second-order valence-electron chi connectivity index (χ2n) is 6.21. The number of amides is 1. The highest BCUT2D eigenvalue weighted by Crippen LogP contribution is 2.30. The summed E-state index contributed by atoms with van der Waals surface area (Å²) in [6.45, 7) is 7.71. The SMILES string of the molecule is C/C=C/C[C@@](O)(C=O)[C@@H]1CCCN1C(=O)OC(C)(C)C. The molecule has 1 heterocycles. The Labute approximate surface area is 120 Å². The fourth-order valence-corrected chi connectivity index (χ4v) is 2.39. The van der Waals surface area contributed by atoms with E-state index in [1.165, 1.54) is 4.90 Å². The molecule has 2 atom stereocenters. The quantitative estimate of drug-likeness (QED) is 0.635. The largest absolute Gasteiger partial charge is 0.444 e. The van der Waals surface area contributed by atoms with E-state index in [0.29, 0.717) is 19.3 Å². The van der Waals surface area contributed by atoms with Crippen molar-refractivity contribution in [3.63, 3.8) is 0 Å². The molecule has 0 aliphatic carbocycles. The van der Waals surface area contributed by atoms with Crippen molar-refractivity contribution in [3.05, 3.63) is 12.2 Å². The molecule has 0 spiro atoms. The van der Waals surface area contributed by atoms with Gasteiger partial charge in [-0.05, 0) is 40.5 Å². The molecule has 1 saturated heterocycles. The van der Waals surface area contributed by atoms with Gasteiger partial charge >= 0.3 is 6.09 Å². The minimum Gasteiger partial charge on any atom is -0.444 e. The van der Waals surface area contributed by atoms with Crippen LogP contribution >= 0.6 is 0 Å². The van der Waals surface area contributed by atoms with Crippen LogP contribution < -0.4 is 0 Å². The molecule has 114 valence electrons. The zero-order valence-electron chi connectivity index (χ0n) is 12.8. The molecule has 20 heavy (non-hydrogen) atoms. The highest BCUT2D eigenvalue weighted by molar-refractivity contribution is 5.72. The minimum atomic E-state index is -1.54. The molecule has 0 unspecified atom stereocenters. The van der Waals surface area contributed by atoms with E-state index in [0.717, 1.165) is 6.42 Å². The van der Waals surface area contributed by atoms with Crippen LogP contribution in [0.15, 0.2) is 12.2 Å². The summed E-state index contributed by atoms with van der Waals surface area (Å²) < 4.78 is 5.34. The number of carbonyl (C=O) groups excluding carboxylic acids is 2. The average Bonchev–Trinajstić information content (AvgIpc) is 2.83. The maximum atomic E-state index is 12.2. The van der Waals surface area contributed by atoms with Crippen LogP contribution in [0.1, 0.15) is 47.0 Å². The number of aldehydes is 1. The van der Waals surface area contributed by atoms with Gasteiger partial charge in [-0.3, -0.25) is 0 Å². The van der Waals surface area contributed by atoms with E-state index in [9.17, 15) is 14.7 Å². The van der Waals surface area contributed by atoms with Gasteiger partial charge in [0.05, 0.1) is 6.04 Å². The zero-order chi connectivity index (χ0) is 15.4. The Balaban J connectivity index is 2.87. The molecule has 1 aliphatic heterocycles. The second kappa shape index (κ2) is 6.39. The summed E-state index contributed by atoms with van der Waals surface area (Å²) in [5.74, 6) is 0. The van der Waals surface area contributed by atoms with Crippen LogP contribution in [0.3, 0.4) is 0 Å². The van der Waals surface area contributed by atoms with Crippen LogP contribution in [-0.2, 0) is 9.53 Å². The highest BCUT2D eigenvalue weighted by atomic mass is 16.6. The molecule has 5 nitrogen and oxygen atoms in total. The molecule has 0 aromatic heterocycles. The van der Waals surface area contributed by atoms with Crippen LogP contribution in [0.25, 0.3) is 0 Å².